The lowest BCUT2D eigenvalue weighted by molar-refractivity contribution is -0.139. The first-order valence-electron chi connectivity index (χ1n) is 3.87. The molecule has 1 aliphatic heterocycles. The Morgan fingerprint density at radius 1 is 1.69 bits per heavy atom. The van der Waals surface area contributed by atoms with E-state index >= 15 is 0 Å². The Kier molecular flexibility index (Phi) is 3.21. The fraction of sp³-hybridized carbons (Fsp3) is 0.857. The van der Waals surface area contributed by atoms with Crippen LogP contribution in [0.15, 0.2) is 0 Å². The second kappa shape index (κ2) is 4.01. The van der Waals surface area contributed by atoms with Crippen LogP contribution in [0.25, 0.3) is 0 Å². The number of nitrogens with two attached hydrogens (primary N) is 1. The van der Waals surface area contributed by atoms with Gasteiger partial charge in [-0.25, -0.2) is 0 Å². The second-order valence-corrected chi connectivity index (χ2v) is 2.91. The average Bonchev–Trinajstić information content (AvgIpc) is 2.37. The number of rotatable bonds is 3. The first kappa shape index (κ1) is 10.4. The zero-order valence-corrected chi connectivity index (χ0v) is 7.21. The number of carbonyl (C=O) groups is 1. The van der Waals surface area contributed by atoms with Crippen LogP contribution in [0, 0.1) is 0 Å². The molecule has 0 aromatic rings. The van der Waals surface area contributed by atoms with Crippen molar-refractivity contribution in [1.29, 1.82) is 0 Å². The van der Waals surface area contributed by atoms with E-state index < -0.39 is 30.3 Å². The topological polar surface area (TPSA) is 102 Å². The first-order valence-corrected chi connectivity index (χ1v) is 3.87. The number of primary amides is 1. The molecular formula is C7H13NO5. The molecule has 1 rings (SSSR count). The standard InChI is InChI=1S/C7H13NO5/c1-12-6(7(8)11)5-4(10)3(9)2-13-5/h3-6,9-10H,2H2,1H3,(H2,8,11). The van der Waals surface area contributed by atoms with Crippen LogP contribution >= 0.6 is 0 Å². The van der Waals surface area contributed by atoms with Gasteiger partial charge in [-0.3, -0.25) is 4.79 Å². The molecule has 1 saturated heterocycles. The van der Waals surface area contributed by atoms with E-state index in [2.05, 4.69) is 0 Å². The number of hydrogen-bond acceptors (Lipinski definition) is 5. The molecule has 76 valence electrons. The molecule has 13 heavy (non-hydrogen) atoms. The third-order valence-corrected chi connectivity index (χ3v) is 2.02. The third kappa shape index (κ3) is 1.97. The summed E-state index contributed by atoms with van der Waals surface area (Å²) in [4.78, 5) is 10.8. The highest BCUT2D eigenvalue weighted by atomic mass is 16.6. The SMILES string of the molecule is COC(C(N)=O)C1OCC(O)C1O. The van der Waals surface area contributed by atoms with Gasteiger partial charge in [0.1, 0.15) is 18.3 Å². The summed E-state index contributed by atoms with van der Waals surface area (Å²) in [6.07, 6.45) is -4.01. The van der Waals surface area contributed by atoms with Gasteiger partial charge in [-0.1, -0.05) is 0 Å². The predicted molar refractivity (Wildman–Crippen MR) is 41.7 cm³/mol. The summed E-state index contributed by atoms with van der Waals surface area (Å²) in [7, 11) is 1.29. The Balaban J connectivity index is 2.65. The van der Waals surface area contributed by atoms with E-state index in [4.69, 9.17) is 20.3 Å². The van der Waals surface area contributed by atoms with Crippen molar-refractivity contribution in [3.05, 3.63) is 0 Å². The Morgan fingerprint density at radius 3 is 2.62 bits per heavy atom. The minimum atomic E-state index is -1.13. The van der Waals surface area contributed by atoms with Gasteiger partial charge in [0.2, 0.25) is 5.91 Å². The summed E-state index contributed by atoms with van der Waals surface area (Å²) in [6.45, 7) is -0.0149. The largest absolute Gasteiger partial charge is 0.388 e. The van der Waals surface area contributed by atoms with Crippen LogP contribution in [0.5, 0.6) is 0 Å². The Hall–Kier alpha value is -0.690. The molecule has 4 N–H and O–H groups in total. The van der Waals surface area contributed by atoms with Gasteiger partial charge in [0.05, 0.1) is 6.61 Å². The van der Waals surface area contributed by atoms with Crippen molar-refractivity contribution in [3.8, 4) is 0 Å². The minimum absolute atomic E-state index is 0.0149. The molecule has 1 heterocycles. The summed E-state index contributed by atoms with van der Waals surface area (Å²) in [5, 5.41) is 18.5. The summed E-state index contributed by atoms with van der Waals surface area (Å²) in [5.74, 6) is -0.722. The van der Waals surface area contributed by atoms with Gasteiger partial charge >= 0.3 is 0 Å². The average molecular weight is 191 g/mol. The van der Waals surface area contributed by atoms with Crippen molar-refractivity contribution < 1.29 is 24.5 Å². The quantitative estimate of drug-likeness (QED) is 0.462. The van der Waals surface area contributed by atoms with Gasteiger partial charge in [0, 0.05) is 7.11 Å². The Bertz CT molecular complexity index is 197. The molecule has 6 heteroatoms. The lowest BCUT2D eigenvalue weighted by Crippen LogP contribution is -2.46. The molecule has 6 nitrogen and oxygen atoms in total. The van der Waals surface area contributed by atoms with Crippen molar-refractivity contribution in [2.45, 2.75) is 24.4 Å². The summed E-state index contributed by atoms with van der Waals surface area (Å²) < 4.78 is 9.71. The van der Waals surface area contributed by atoms with Crippen LogP contribution in [0.3, 0.4) is 0 Å². The lowest BCUT2D eigenvalue weighted by atomic mass is 10.1. The number of ether oxygens (including phenoxy) is 2. The van der Waals surface area contributed by atoms with Gasteiger partial charge in [0.25, 0.3) is 0 Å². The smallest absolute Gasteiger partial charge is 0.249 e. The lowest BCUT2D eigenvalue weighted by Gasteiger charge is -2.21. The van der Waals surface area contributed by atoms with Crippen LogP contribution in [-0.2, 0) is 14.3 Å². The van der Waals surface area contributed by atoms with E-state index in [0.29, 0.717) is 0 Å². The van der Waals surface area contributed by atoms with Crippen molar-refractivity contribution in [3.63, 3.8) is 0 Å². The second-order valence-electron chi connectivity index (χ2n) is 2.91. The van der Waals surface area contributed by atoms with Crippen LogP contribution in [0.1, 0.15) is 0 Å². The predicted octanol–water partition coefficient (Wildman–Crippen LogP) is -2.39. The van der Waals surface area contributed by atoms with Crippen molar-refractivity contribution in [1.82, 2.24) is 0 Å². The molecule has 0 saturated carbocycles. The fourth-order valence-corrected chi connectivity index (χ4v) is 1.30. The van der Waals surface area contributed by atoms with Crippen LogP contribution in [0.4, 0.5) is 0 Å². The molecule has 0 bridgehead atoms. The molecule has 0 aliphatic carbocycles. The number of amides is 1. The van der Waals surface area contributed by atoms with Crippen LogP contribution in [0.2, 0.25) is 0 Å². The zero-order valence-electron chi connectivity index (χ0n) is 7.21. The Morgan fingerprint density at radius 2 is 2.31 bits per heavy atom. The number of aliphatic hydroxyl groups excluding tert-OH is 2. The van der Waals surface area contributed by atoms with Gasteiger partial charge < -0.3 is 25.4 Å². The first-order chi connectivity index (χ1) is 6.07. The van der Waals surface area contributed by atoms with E-state index in [1.54, 1.807) is 0 Å². The number of carbonyl (C=O) groups excluding carboxylic acids is 1. The zero-order chi connectivity index (χ0) is 10.0. The third-order valence-electron chi connectivity index (χ3n) is 2.02. The number of aliphatic hydroxyl groups is 2. The molecule has 4 atom stereocenters. The highest BCUT2D eigenvalue weighted by Gasteiger charge is 2.42. The summed E-state index contributed by atoms with van der Waals surface area (Å²) in [6, 6.07) is 0. The normalized spacial score (nSPS) is 36.1. The summed E-state index contributed by atoms with van der Waals surface area (Å²) >= 11 is 0. The van der Waals surface area contributed by atoms with Crippen molar-refractivity contribution >= 4 is 5.91 Å². The van der Waals surface area contributed by atoms with E-state index in [-0.39, 0.29) is 6.61 Å². The molecule has 0 aromatic heterocycles. The van der Waals surface area contributed by atoms with Gasteiger partial charge in [-0.05, 0) is 0 Å². The van der Waals surface area contributed by atoms with Crippen molar-refractivity contribution in [2.24, 2.45) is 5.73 Å². The molecule has 0 radical (unpaired) electrons. The maximum atomic E-state index is 10.8. The van der Waals surface area contributed by atoms with Gasteiger partial charge in [-0.15, -0.1) is 0 Å². The Labute approximate surface area is 75.2 Å². The van der Waals surface area contributed by atoms with Crippen LogP contribution < -0.4 is 5.73 Å². The van der Waals surface area contributed by atoms with Crippen molar-refractivity contribution in [2.75, 3.05) is 13.7 Å². The minimum Gasteiger partial charge on any atom is -0.388 e. The highest BCUT2D eigenvalue weighted by Crippen LogP contribution is 2.18. The molecule has 4 unspecified atom stereocenters. The highest BCUT2D eigenvalue weighted by molar-refractivity contribution is 5.79. The van der Waals surface area contributed by atoms with E-state index in [1.165, 1.54) is 7.11 Å². The fourth-order valence-electron chi connectivity index (χ4n) is 1.30. The molecule has 1 amide bonds. The van der Waals surface area contributed by atoms with Gasteiger partial charge in [0.15, 0.2) is 6.10 Å². The van der Waals surface area contributed by atoms with E-state index in [0.717, 1.165) is 0 Å². The molecular weight excluding hydrogens is 178 g/mol. The number of methoxy groups -OCH3 is 1. The van der Waals surface area contributed by atoms with Gasteiger partial charge in [-0.2, -0.15) is 0 Å². The number of hydrogen-bond donors (Lipinski definition) is 3. The maximum absolute atomic E-state index is 10.8. The molecule has 1 aliphatic rings. The molecule has 1 fully saturated rings. The molecule has 0 aromatic carbocycles. The summed E-state index contributed by atoms with van der Waals surface area (Å²) in [5.41, 5.74) is 5.00. The van der Waals surface area contributed by atoms with Crippen LogP contribution in [-0.4, -0.2) is 54.3 Å². The maximum Gasteiger partial charge on any atom is 0.249 e. The molecule has 0 spiro atoms. The van der Waals surface area contributed by atoms with E-state index in [9.17, 15) is 9.90 Å². The monoisotopic (exact) mass is 191 g/mol. The van der Waals surface area contributed by atoms with E-state index in [1.807, 2.05) is 0 Å².